The first kappa shape index (κ1) is 13.1. The number of aromatic carboxylic acids is 1. The maximum atomic E-state index is 11.0. The highest BCUT2D eigenvalue weighted by Crippen LogP contribution is 2.22. The third kappa shape index (κ3) is 3.24. The summed E-state index contributed by atoms with van der Waals surface area (Å²) in [5, 5.41) is 18.6. The zero-order valence-electron chi connectivity index (χ0n) is 10.4. The Hall–Kier alpha value is -1.98. The Morgan fingerprint density at radius 3 is 2.71 bits per heavy atom. The monoisotopic (exact) mass is 236 g/mol. The Balaban J connectivity index is 3.09. The van der Waals surface area contributed by atoms with Crippen molar-refractivity contribution in [1.29, 1.82) is 0 Å². The molecule has 0 aliphatic rings. The number of hydrogen-bond acceptors (Lipinski definition) is 4. The van der Waals surface area contributed by atoms with Gasteiger partial charge in [-0.25, -0.2) is 4.79 Å². The summed E-state index contributed by atoms with van der Waals surface area (Å²) in [6.45, 7) is 5.64. The molecule has 0 bridgehead atoms. The van der Waals surface area contributed by atoms with Crippen molar-refractivity contribution in [2.75, 3.05) is 7.05 Å². The average Bonchev–Trinajstić information content (AvgIpc) is 2.26. The standard InChI is InChI=1S/C11H16N4O2/c1-7(2)15(4)14-13-10-8(3)12-6-5-9(10)11(16)17/h5-7H,1-4H3,(H,16,17). The summed E-state index contributed by atoms with van der Waals surface area (Å²) < 4.78 is 0. The van der Waals surface area contributed by atoms with Gasteiger partial charge in [-0.1, -0.05) is 5.22 Å². The Bertz CT molecular complexity index is 443. The zero-order chi connectivity index (χ0) is 13.0. The maximum Gasteiger partial charge on any atom is 0.338 e. The summed E-state index contributed by atoms with van der Waals surface area (Å²) >= 11 is 0. The first-order chi connectivity index (χ1) is 7.93. The summed E-state index contributed by atoms with van der Waals surface area (Å²) in [5.74, 6) is -1.03. The van der Waals surface area contributed by atoms with Gasteiger partial charge in [-0.2, -0.15) is 0 Å². The van der Waals surface area contributed by atoms with E-state index in [1.54, 1.807) is 19.0 Å². The van der Waals surface area contributed by atoms with Crippen LogP contribution in [0.15, 0.2) is 22.6 Å². The van der Waals surface area contributed by atoms with Gasteiger partial charge >= 0.3 is 5.97 Å². The predicted molar refractivity (Wildman–Crippen MR) is 63.3 cm³/mol. The molecule has 0 unspecified atom stereocenters. The average molecular weight is 236 g/mol. The minimum absolute atomic E-state index is 0.110. The minimum atomic E-state index is -1.03. The van der Waals surface area contributed by atoms with Gasteiger partial charge in [-0.15, -0.1) is 5.11 Å². The number of carbonyl (C=O) groups is 1. The summed E-state index contributed by atoms with van der Waals surface area (Å²) in [5.41, 5.74) is 0.955. The first-order valence-corrected chi connectivity index (χ1v) is 5.27. The lowest BCUT2D eigenvalue weighted by molar-refractivity contribution is 0.0697. The van der Waals surface area contributed by atoms with Crippen LogP contribution in [0.2, 0.25) is 0 Å². The second-order valence-electron chi connectivity index (χ2n) is 3.95. The Morgan fingerprint density at radius 1 is 1.53 bits per heavy atom. The number of pyridine rings is 1. The molecule has 1 aromatic heterocycles. The van der Waals surface area contributed by atoms with Crippen LogP contribution in [0.1, 0.15) is 29.9 Å². The van der Waals surface area contributed by atoms with Crippen molar-refractivity contribution in [2.24, 2.45) is 10.3 Å². The van der Waals surface area contributed by atoms with Gasteiger partial charge < -0.3 is 5.11 Å². The van der Waals surface area contributed by atoms with Crippen molar-refractivity contribution in [3.63, 3.8) is 0 Å². The van der Waals surface area contributed by atoms with E-state index in [4.69, 9.17) is 5.11 Å². The molecule has 1 aromatic rings. The van der Waals surface area contributed by atoms with E-state index in [-0.39, 0.29) is 11.6 Å². The van der Waals surface area contributed by atoms with Crippen molar-refractivity contribution in [1.82, 2.24) is 9.99 Å². The Morgan fingerprint density at radius 2 is 2.18 bits per heavy atom. The summed E-state index contributed by atoms with van der Waals surface area (Å²) in [6.07, 6.45) is 1.45. The van der Waals surface area contributed by atoms with Crippen LogP contribution in [0, 0.1) is 6.92 Å². The molecular formula is C11H16N4O2. The minimum Gasteiger partial charge on any atom is -0.478 e. The highest BCUT2D eigenvalue weighted by atomic mass is 16.4. The molecule has 0 saturated carbocycles. The fraction of sp³-hybridized carbons (Fsp3) is 0.455. The van der Waals surface area contributed by atoms with Crippen molar-refractivity contribution in [3.8, 4) is 0 Å². The molecule has 92 valence electrons. The molecule has 0 aliphatic heterocycles. The van der Waals surface area contributed by atoms with E-state index in [0.29, 0.717) is 11.4 Å². The fourth-order valence-corrected chi connectivity index (χ4v) is 1.08. The molecule has 6 nitrogen and oxygen atoms in total. The molecule has 0 aliphatic carbocycles. The number of nitrogens with zero attached hydrogens (tertiary/aromatic N) is 4. The SMILES string of the molecule is Cc1nccc(C(=O)O)c1N=NN(C)C(C)C. The van der Waals surface area contributed by atoms with Crippen molar-refractivity contribution < 1.29 is 9.90 Å². The molecule has 0 aromatic carbocycles. The van der Waals surface area contributed by atoms with Crippen LogP contribution in [-0.4, -0.2) is 34.2 Å². The van der Waals surface area contributed by atoms with Gasteiger partial charge in [0.2, 0.25) is 0 Å². The lowest BCUT2D eigenvalue weighted by Gasteiger charge is -2.15. The molecule has 6 heteroatoms. The van der Waals surface area contributed by atoms with E-state index in [2.05, 4.69) is 15.3 Å². The molecule has 1 N–H and O–H groups in total. The first-order valence-electron chi connectivity index (χ1n) is 5.27. The zero-order valence-corrected chi connectivity index (χ0v) is 10.4. The second-order valence-corrected chi connectivity index (χ2v) is 3.95. The largest absolute Gasteiger partial charge is 0.478 e. The molecule has 0 atom stereocenters. The smallest absolute Gasteiger partial charge is 0.338 e. The van der Waals surface area contributed by atoms with Gasteiger partial charge in [0, 0.05) is 19.3 Å². The van der Waals surface area contributed by atoms with Crippen LogP contribution in [0.4, 0.5) is 5.69 Å². The molecule has 0 fully saturated rings. The quantitative estimate of drug-likeness (QED) is 0.643. The van der Waals surface area contributed by atoms with Crippen LogP contribution < -0.4 is 0 Å². The van der Waals surface area contributed by atoms with Crippen LogP contribution >= 0.6 is 0 Å². The lowest BCUT2D eigenvalue weighted by atomic mass is 10.2. The van der Waals surface area contributed by atoms with E-state index >= 15 is 0 Å². The Labute approximate surface area is 100.0 Å². The van der Waals surface area contributed by atoms with Crippen LogP contribution in [0.25, 0.3) is 0 Å². The van der Waals surface area contributed by atoms with Crippen molar-refractivity contribution in [3.05, 3.63) is 23.5 Å². The van der Waals surface area contributed by atoms with Crippen LogP contribution in [-0.2, 0) is 0 Å². The third-order valence-electron chi connectivity index (χ3n) is 2.37. The number of aromatic nitrogens is 1. The number of rotatable bonds is 4. The van der Waals surface area contributed by atoms with E-state index in [9.17, 15) is 4.79 Å². The number of carboxylic acid groups (broad SMARTS) is 1. The van der Waals surface area contributed by atoms with Crippen LogP contribution in [0.5, 0.6) is 0 Å². The summed E-state index contributed by atoms with van der Waals surface area (Å²) in [4.78, 5) is 15.0. The van der Waals surface area contributed by atoms with Crippen molar-refractivity contribution in [2.45, 2.75) is 26.8 Å². The molecule has 0 amide bonds. The number of hydrogen-bond donors (Lipinski definition) is 1. The highest BCUT2D eigenvalue weighted by molar-refractivity contribution is 5.93. The van der Waals surface area contributed by atoms with Crippen LogP contribution in [0.3, 0.4) is 0 Å². The third-order valence-corrected chi connectivity index (χ3v) is 2.37. The molecular weight excluding hydrogens is 220 g/mol. The predicted octanol–water partition coefficient (Wildman–Crippen LogP) is 2.43. The molecule has 0 saturated heterocycles. The molecule has 1 heterocycles. The lowest BCUT2D eigenvalue weighted by Crippen LogP contribution is -2.19. The highest BCUT2D eigenvalue weighted by Gasteiger charge is 2.12. The number of carboxylic acids is 1. The van der Waals surface area contributed by atoms with Crippen molar-refractivity contribution >= 4 is 11.7 Å². The number of aryl methyl sites for hydroxylation is 1. The summed E-state index contributed by atoms with van der Waals surface area (Å²) in [7, 11) is 1.78. The molecule has 0 spiro atoms. The normalized spacial score (nSPS) is 11.1. The Kier molecular flexibility index (Phi) is 4.14. The molecule has 0 radical (unpaired) electrons. The van der Waals surface area contributed by atoms with Gasteiger partial charge in [0.15, 0.2) is 0 Å². The van der Waals surface area contributed by atoms with E-state index in [1.807, 2.05) is 13.8 Å². The summed E-state index contributed by atoms with van der Waals surface area (Å²) in [6, 6.07) is 1.61. The van der Waals surface area contributed by atoms with Gasteiger partial charge in [0.25, 0.3) is 0 Å². The molecule has 1 rings (SSSR count). The van der Waals surface area contributed by atoms with E-state index < -0.39 is 5.97 Å². The topological polar surface area (TPSA) is 78.1 Å². The molecule has 17 heavy (non-hydrogen) atoms. The fourth-order valence-electron chi connectivity index (χ4n) is 1.08. The van der Waals surface area contributed by atoms with Gasteiger partial charge in [0.1, 0.15) is 5.69 Å². The van der Waals surface area contributed by atoms with E-state index in [1.165, 1.54) is 12.3 Å². The van der Waals surface area contributed by atoms with Gasteiger partial charge in [-0.3, -0.25) is 9.99 Å². The second kappa shape index (κ2) is 5.38. The maximum absolute atomic E-state index is 11.0. The van der Waals surface area contributed by atoms with Gasteiger partial charge in [0.05, 0.1) is 11.3 Å². The van der Waals surface area contributed by atoms with E-state index in [0.717, 1.165) is 0 Å². The van der Waals surface area contributed by atoms with Gasteiger partial charge in [-0.05, 0) is 26.8 Å².